The van der Waals surface area contributed by atoms with Crippen molar-refractivity contribution in [1.82, 2.24) is 4.90 Å². The Hall–Kier alpha value is -1.35. The Morgan fingerprint density at radius 3 is 2.57 bits per heavy atom. The quantitative estimate of drug-likeness (QED) is 0.926. The number of carboxylic acids is 1. The number of hydrogen-bond acceptors (Lipinski definition) is 2. The van der Waals surface area contributed by atoms with Gasteiger partial charge in [-0.05, 0) is 29.7 Å². The topological polar surface area (TPSA) is 40.5 Å². The van der Waals surface area contributed by atoms with E-state index in [-0.39, 0.29) is 11.3 Å². The molecule has 2 aliphatic rings. The first-order valence-corrected chi connectivity index (χ1v) is 8.08. The van der Waals surface area contributed by atoms with Gasteiger partial charge in [-0.15, -0.1) is 0 Å². The Kier molecular flexibility index (Phi) is 4.03. The molecule has 1 saturated heterocycles. The molecule has 1 aromatic rings. The normalized spacial score (nSPS) is 33.4. The van der Waals surface area contributed by atoms with Crippen molar-refractivity contribution in [3.05, 3.63) is 35.9 Å². The van der Waals surface area contributed by atoms with Crippen LogP contribution in [-0.2, 0) is 11.3 Å². The number of likely N-dealkylation sites (tertiary alicyclic amines) is 1. The number of rotatable bonds is 3. The van der Waals surface area contributed by atoms with Gasteiger partial charge in [0.05, 0.1) is 5.92 Å². The smallest absolute Gasteiger partial charge is 0.308 e. The highest BCUT2D eigenvalue weighted by molar-refractivity contribution is 5.72. The molecule has 0 amide bonds. The fourth-order valence-corrected chi connectivity index (χ4v) is 4.22. The summed E-state index contributed by atoms with van der Waals surface area (Å²) in [5.74, 6) is -0.0259. The van der Waals surface area contributed by atoms with Crippen LogP contribution in [0.25, 0.3) is 0 Å². The van der Waals surface area contributed by atoms with Gasteiger partial charge in [-0.3, -0.25) is 9.69 Å². The molecule has 2 fully saturated rings. The van der Waals surface area contributed by atoms with Gasteiger partial charge < -0.3 is 5.11 Å². The Labute approximate surface area is 127 Å². The molecule has 21 heavy (non-hydrogen) atoms. The SMILES string of the molecule is CC1CCC2(CC1)CN(Cc1ccccc1)CC2C(=O)O. The molecule has 0 bridgehead atoms. The lowest BCUT2D eigenvalue weighted by Gasteiger charge is -2.39. The van der Waals surface area contributed by atoms with E-state index < -0.39 is 5.97 Å². The van der Waals surface area contributed by atoms with Crippen molar-refractivity contribution in [3.63, 3.8) is 0 Å². The molecule has 1 saturated carbocycles. The van der Waals surface area contributed by atoms with Gasteiger partial charge >= 0.3 is 5.97 Å². The van der Waals surface area contributed by atoms with Gasteiger partial charge in [0.2, 0.25) is 0 Å². The van der Waals surface area contributed by atoms with Crippen molar-refractivity contribution in [2.75, 3.05) is 13.1 Å². The number of benzene rings is 1. The van der Waals surface area contributed by atoms with E-state index in [1.54, 1.807) is 0 Å². The Morgan fingerprint density at radius 1 is 1.29 bits per heavy atom. The second kappa shape index (κ2) is 5.80. The van der Waals surface area contributed by atoms with E-state index in [1.165, 1.54) is 18.4 Å². The van der Waals surface area contributed by atoms with Crippen molar-refractivity contribution in [2.45, 2.75) is 39.2 Å². The molecule has 114 valence electrons. The number of aliphatic carboxylic acids is 1. The van der Waals surface area contributed by atoms with Crippen molar-refractivity contribution in [3.8, 4) is 0 Å². The van der Waals surface area contributed by atoms with Crippen LogP contribution < -0.4 is 0 Å². The van der Waals surface area contributed by atoms with Crippen LogP contribution in [0.4, 0.5) is 0 Å². The predicted molar refractivity (Wildman–Crippen MR) is 82.9 cm³/mol. The van der Waals surface area contributed by atoms with Crippen LogP contribution in [0.3, 0.4) is 0 Å². The molecule has 1 heterocycles. The number of hydrogen-bond donors (Lipinski definition) is 1. The maximum absolute atomic E-state index is 11.7. The summed E-state index contributed by atoms with van der Waals surface area (Å²) in [7, 11) is 0. The lowest BCUT2D eigenvalue weighted by Crippen LogP contribution is -2.38. The zero-order valence-electron chi connectivity index (χ0n) is 12.8. The Bertz CT molecular complexity index is 491. The summed E-state index contributed by atoms with van der Waals surface area (Å²) in [5, 5.41) is 9.65. The van der Waals surface area contributed by atoms with Crippen LogP contribution in [-0.4, -0.2) is 29.1 Å². The molecule has 1 aliphatic carbocycles. The zero-order chi connectivity index (χ0) is 14.9. The monoisotopic (exact) mass is 287 g/mol. The van der Waals surface area contributed by atoms with Crippen LogP contribution >= 0.6 is 0 Å². The highest BCUT2D eigenvalue weighted by Crippen LogP contribution is 2.49. The Morgan fingerprint density at radius 2 is 1.95 bits per heavy atom. The second-order valence-electron chi connectivity index (χ2n) is 7.09. The number of nitrogens with zero attached hydrogens (tertiary/aromatic N) is 1. The minimum Gasteiger partial charge on any atom is -0.481 e. The molecular formula is C18H25NO2. The Balaban J connectivity index is 1.74. The first kappa shape index (κ1) is 14.6. The van der Waals surface area contributed by atoms with Gasteiger partial charge in [0.1, 0.15) is 0 Å². The summed E-state index contributed by atoms with van der Waals surface area (Å²) < 4.78 is 0. The third-order valence-electron chi connectivity index (χ3n) is 5.54. The molecular weight excluding hydrogens is 262 g/mol. The van der Waals surface area contributed by atoms with Gasteiger partial charge in [-0.25, -0.2) is 0 Å². The van der Waals surface area contributed by atoms with Crippen LogP contribution in [0.5, 0.6) is 0 Å². The maximum Gasteiger partial charge on any atom is 0.308 e. The summed E-state index contributed by atoms with van der Waals surface area (Å²) in [6, 6.07) is 10.4. The van der Waals surface area contributed by atoms with Gasteiger partial charge in [0.15, 0.2) is 0 Å². The lowest BCUT2D eigenvalue weighted by molar-refractivity contribution is -0.145. The van der Waals surface area contributed by atoms with Gasteiger partial charge in [0.25, 0.3) is 0 Å². The first-order chi connectivity index (χ1) is 10.1. The van der Waals surface area contributed by atoms with Crippen LogP contribution in [0.15, 0.2) is 30.3 Å². The number of carboxylic acid groups (broad SMARTS) is 1. The van der Waals surface area contributed by atoms with E-state index in [2.05, 4.69) is 36.1 Å². The largest absolute Gasteiger partial charge is 0.481 e. The molecule has 1 aliphatic heterocycles. The van der Waals surface area contributed by atoms with Crippen molar-refractivity contribution in [2.24, 2.45) is 17.3 Å². The van der Waals surface area contributed by atoms with Crippen molar-refractivity contribution >= 4 is 5.97 Å². The average Bonchev–Trinajstić information content (AvgIpc) is 2.82. The molecule has 3 rings (SSSR count). The summed E-state index contributed by atoms with van der Waals surface area (Å²) in [6.07, 6.45) is 4.53. The molecule has 3 heteroatoms. The van der Waals surface area contributed by atoms with Gasteiger partial charge in [-0.1, -0.05) is 50.1 Å². The highest BCUT2D eigenvalue weighted by atomic mass is 16.4. The van der Waals surface area contributed by atoms with Crippen molar-refractivity contribution in [1.29, 1.82) is 0 Å². The van der Waals surface area contributed by atoms with E-state index in [9.17, 15) is 9.90 Å². The van der Waals surface area contributed by atoms with Gasteiger partial charge in [0, 0.05) is 19.6 Å². The second-order valence-corrected chi connectivity index (χ2v) is 7.09. The van der Waals surface area contributed by atoms with E-state index in [1.807, 2.05) is 6.07 Å². The average molecular weight is 287 g/mol. The van der Waals surface area contributed by atoms with E-state index in [0.717, 1.165) is 31.8 Å². The standard InChI is InChI=1S/C18H25NO2/c1-14-7-9-18(10-8-14)13-19(12-16(18)17(20)21)11-15-5-3-2-4-6-15/h2-6,14,16H,7-13H2,1H3,(H,20,21). The molecule has 0 radical (unpaired) electrons. The molecule has 3 nitrogen and oxygen atoms in total. The highest BCUT2D eigenvalue weighted by Gasteiger charge is 2.50. The van der Waals surface area contributed by atoms with Crippen molar-refractivity contribution < 1.29 is 9.90 Å². The lowest BCUT2D eigenvalue weighted by atomic mass is 9.65. The molecule has 1 aromatic carbocycles. The first-order valence-electron chi connectivity index (χ1n) is 8.08. The van der Waals surface area contributed by atoms with E-state index >= 15 is 0 Å². The van der Waals surface area contributed by atoms with Crippen LogP contribution in [0, 0.1) is 17.3 Å². The molecule has 1 spiro atoms. The fourth-order valence-electron chi connectivity index (χ4n) is 4.22. The number of carbonyl (C=O) groups is 1. The van der Waals surface area contributed by atoms with Gasteiger partial charge in [-0.2, -0.15) is 0 Å². The molecule has 1 atom stereocenters. The van der Waals surface area contributed by atoms with E-state index in [4.69, 9.17) is 0 Å². The minimum absolute atomic E-state index is 0.0210. The summed E-state index contributed by atoms with van der Waals surface area (Å²) in [6.45, 7) is 4.82. The zero-order valence-corrected chi connectivity index (χ0v) is 12.8. The van der Waals surface area contributed by atoms with E-state index in [0.29, 0.717) is 6.54 Å². The summed E-state index contributed by atoms with van der Waals surface area (Å²) in [4.78, 5) is 14.1. The predicted octanol–water partition coefficient (Wildman–Crippen LogP) is 3.40. The van der Waals surface area contributed by atoms with Crippen LogP contribution in [0.1, 0.15) is 38.2 Å². The molecule has 0 aromatic heterocycles. The minimum atomic E-state index is -0.597. The fraction of sp³-hybridized carbons (Fsp3) is 0.611. The maximum atomic E-state index is 11.7. The third kappa shape index (κ3) is 2.98. The summed E-state index contributed by atoms with van der Waals surface area (Å²) >= 11 is 0. The molecule has 1 unspecified atom stereocenters. The summed E-state index contributed by atoms with van der Waals surface area (Å²) in [5.41, 5.74) is 1.30. The van der Waals surface area contributed by atoms with Crippen LogP contribution in [0.2, 0.25) is 0 Å². The molecule has 1 N–H and O–H groups in total. The third-order valence-corrected chi connectivity index (χ3v) is 5.54.